The van der Waals surface area contributed by atoms with Gasteiger partial charge in [0.1, 0.15) is 5.82 Å². The van der Waals surface area contributed by atoms with Gasteiger partial charge in [0.05, 0.1) is 6.04 Å². The highest BCUT2D eigenvalue weighted by molar-refractivity contribution is 5.81. The topological polar surface area (TPSA) is 74.2 Å². The Morgan fingerprint density at radius 2 is 1.85 bits per heavy atom. The lowest BCUT2D eigenvalue weighted by atomic mass is 10.2. The summed E-state index contributed by atoms with van der Waals surface area (Å²) in [5, 5.41) is 3.11. The Hall–Kier alpha value is -2.54. The van der Waals surface area contributed by atoms with Crippen molar-refractivity contribution < 1.29 is 4.79 Å². The zero-order valence-electron chi connectivity index (χ0n) is 15.9. The number of hydrogen-bond donors (Lipinski definition) is 1. The fourth-order valence-corrected chi connectivity index (χ4v) is 3.40. The number of pyridine rings is 1. The number of rotatable bonds is 5. The highest BCUT2D eigenvalue weighted by atomic mass is 16.2. The Labute approximate surface area is 159 Å². The first-order chi connectivity index (χ1) is 13.1. The zero-order valence-corrected chi connectivity index (χ0v) is 15.9. The minimum atomic E-state index is -0.0766. The second kappa shape index (κ2) is 7.60. The third-order valence-corrected chi connectivity index (χ3v) is 5.27. The molecule has 1 atom stereocenters. The van der Waals surface area contributed by atoms with Gasteiger partial charge in [0.25, 0.3) is 0 Å². The number of carbonyl (C=O) groups is 1. The van der Waals surface area contributed by atoms with E-state index in [1.807, 2.05) is 32.0 Å². The number of nitrogens with zero attached hydrogens (tertiary/aromatic N) is 5. The highest BCUT2D eigenvalue weighted by Crippen LogP contribution is 2.22. The van der Waals surface area contributed by atoms with E-state index < -0.39 is 0 Å². The monoisotopic (exact) mass is 366 g/mol. The van der Waals surface area contributed by atoms with Crippen molar-refractivity contribution in [1.82, 2.24) is 25.2 Å². The Kier molecular flexibility index (Phi) is 5.03. The number of anilines is 1. The molecule has 0 aromatic carbocycles. The average molecular weight is 366 g/mol. The lowest BCUT2D eigenvalue weighted by Crippen LogP contribution is -2.54. The van der Waals surface area contributed by atoms with E-state index in [-0.39, 0.29) is 11.9 Å². The smallest absolute Gasteiger partial charge is 0.237 e. The van der Waals surface area contributed by atoms with Crippen LogP contribution in [0.4, 0.5) is 5.82 Å². The Bertz CT molecular complexity index is 799. The molecule has 2 aromatic rings. The first kappa shape index (κ1) is 17.9. The maximum absolute atomic E-state index is 12.3. The van der Waals surface area contributed by atoms with Crippen molar-refractivity contribution >= 4 is 11.7 Å². The van der Waals surface area contributed by atoms with Gasteiger partial charge < -0.3 is 10.2 Å². The van der Waals surface area contributed by atoms with Crippen molar-refractivity contribution in [2.24, 2.45) is 0 Å². The summed E-state index contributed by atoms with van der Waals surface area (Å²) in [7, 11) is 0. The molecule has 0 spiro atoms. The summed E-state index contributed by atoms with van der Waals surface area (Å²) in [6.07, 6.45) is 5.76. The first-order valence-corrected chi connectivity index (χ1v) is 9.65. The van der Waals surface area contributed by atoms with Gasteiger partial charge in [-0.05, 0) is 38.8 Å². The van der Waals surface area contributed by atoms with Crippen LogP contribution < -0.4 is 10.2 Å². The SMILES string of the molecule is Cc1cc(N2CCN([C@@H](C)C(=O)NC3CC3)CC2)nc(-c2ccncc2)n1. The first-order valence-electron chi connectivity index (χ1n) is 9.65. The normalized spacial score (nSPS) is 19.0. The number of carbonyl (C=O) groups excluding carboxylic acids is 1. The van der Waals surface area contributed by atoms with Crippen LogP contribution >= 0.6 is 0 Å². The second-order valence-electron chi connectivity index (χ2n) is 7.41. The van der Waals surface area contributed by atoms with E-state index in [2.05, 4.69) is 25.1 Å². The van der Waals surface area contributed by atoms with Gasteiger partial charge in [0.2, 0.25) is 5.91 Å². The van der Waals surface area contributed by atoms with Crippen molar-refractivity contribution in [3.63, 3.8) is 0 Å². The van der Waals surface area contributed by atoms with Crippen LogP contribution in [-0.4, -0.2) is 64.0 Å². The van der Waals surface area contributed by atoms with Gasteiger partial charge in [-0.3, -0.25) is 14.7 Å². The number of amides is 1. The Balaban J connectivity index is 1.42. The number of aromatic nitrogens is 3. The average Bonchev–Trinajstić information content (AvgIpc) is 3.52. The molecule has 27 heavy (non-hydrogen) atoms. The Morgan fingerprint density at radius 3 is 2.52 bits per heavy atom. The van der Waals surface area contributed by atoms with Crippen LogP contribution in [0.1, 0.15) is 25.5 Å². The molecule has 7 heteroatoms. The number of piperazine rings is 1. The van der Waals surface area contributed by atoms with Crippen LogP contribution in [0.25, 0.3) is 11.4 Å². The van der Waals surface area contributed by atoms with Crippen molar-refractivity contribution in [2.45, 2.75) is 38.8 Å². The molecule has 1 aliphatic heterocycles. The predicted molar refractivity (Wildman–Crippen MR) is 104 cm³/mol. The summed E-state index contributed by atoms with van der Waals surface area (Å²) in [6.45, 7) is 7.42. The number of nitrogens with one attached hydrogen (secondary N) is 1. The standard InChI is InChI=1S/C20H26N6O/c1-14-13-18(24-19(22-14)16-5-7-21-8-6-16)26-11-9-25(10-12-26)15(2)20(27)23-17-3-4-17/h5-8,13,15,17H,3-4,9-12H2,1-2H3,(H,23,27)/t15-/m0/s1. The molecule has 4 rings (SSSR count). The number of hydrogen-bond acceptors (Lipinski definition) is 6. The molecular weight excluding hydrogens is 340 g/mol. The lowest BCUT2D eigenvalue weighted by molar-refractivity contribution is -0.126. The van der Waals surface area contributed by atoms with Gasteiger partial charge >= 0.3 is 0 Å². The third-order valence-electron chi connectivity index (χ3n) is 5.27. The molecule has 2 fully saturated rings. The summed E-state index contributed by atoms with van der Waals surface area (Å²) in [5.74, 6) is 1.83. The zero-order chi connectivity index (χ0) is 18.8. The number of aryl methyl sites for hydroxylation is 1. The lowest BCUT2D eigenvalue weighted by Gasteiger charge is -2.38. The summed E-state index contributed by atoms with van der Waals surface area (Å²) >= 11 is 0. The Morgan fingerprint density at radius 1 is 1.15 bits per heavy atom. The summed E-state index contributed by atoms with van der Waals surface area (Å²) in [4.78, 5) is 30.2. The fraction of sp³-hybridized carbons (Fsp3) is 0.500. The van der Waals surface area contributed by atoms with Crippen LogP contribution in [0.2, 0.25) is 0 Å². The largest absolute Gasteiger partial charge is 0.354 e. The van der Waals surface area contributed by atoms with Crippen LogP contribution in [-0.2, 0) is 4.79 Å². The highest BCUT2D eigenvalue weighted by Gasteiger charge is 2.30. The molecule has 1 N–H and O–H groups in total. The van der Waals surface area contributed by atoms with Crippen molar-refractivity contribution in [2.75, 3.05) is 31.1 Å². The molecule has 1 saturated heterocycles. The molecule has 2 aliphatic rings. The van der Waals surface area contributed by atoms with Gasteiger partial charge in [0.15, 0.2) is 5.82 Å². The molecular formula is C20H26N6O. The molecule has 0 bridgehead atoms. The van der Waals surface area contributed by atoms with Gasteiger partial charge in [-0.2, -0.15) is 0 Å². The summed E-state index contributed by atoms with van der Waals surface area (Å²) in [6, 6.07) is 6.22. The van der Waals surface area contributed by atoms with E-state index in [9.17, 15) is 4.79 Å². The molecule has 1 aliphatic carbocycles. The van der Waals surface area contributed by atoms with Gasteiger partial charge in [0, 0.05) is 61.9 Å². The van der Waals surface area contributed by atoms with E-state index in [1.165, 1.54) is 0 Å². The minimum absolute atomic E-state index is 0.0766. The molecule has 1 amide bonds. The molecule has 7 nitrogen and oxygen atoms in total. The molecule has 1 saturated carbocycles. The van der Waals surface area contributed by atoms with E-state index in [4.69, 9.17) is 4.98 Å². The van der Waals surface area contributed by atoms with Gasteiger partial charge in [-0.15, -0.1) is 0 Å². The van der Waals surface area contributed by atoms with Crippen molar-refractivity contribution in [1.29, 1.82) is 0 Å². The molecule has 0 radical (unpaired) electrons. The molecule has 2 aromatic heterocycles. The minimum Gasteiger partial charge on any atom is -0.354 e. The van der Waals surface area contributed by atoms with Crippen molar-refractivity contribution in [3.8, 4) is 11.4 Å². The quantitative estimate of drug-likeness (QED) is 0.867. The maximum Gasteiger partial charge on any atom is 0.237 e. The van der Waals surface area contributed by atoms with Crippen LogP contribution in [0.5, 0.6) is 0 Å². The summed E-state index contributed by atoms with van der Waals surface area (Å²) in [5.41, 5.74) is 1.92. The second-order valence-corrected chi connectivity index (χ2v) is 7.41. The van der Waals surface area contributed by atoms with Crippen LogP contribution in [0, 0.1) is 6.92 Å². The van der Waals surface area contributed by atoms with E-state index >= 15 is 0 Å². The van der Waals surface area contributed by atoms with E-state index in [0.29, 0.717) is 6.04 Å². The van der Waals surface area contributed by atoms with Crippen molar-refractivity contribution in [3.05, 3.63) is 36.3 Å². The van der Waals surface area contributed by atoms with E-state index in [1.54, 1.807) is 12.4 Å². The van der Waals surface area contributed by atoms with Crippen LogP contribution in [0.3, 0.4) is 0 Å². The molecule has 0 unspecified atom stereocenters. The predicted octanol–water partition coefficient (Wildman–Crippen LogP) is 1.64. The van der Waals surface area contributed by atoms with Gasteiger partial charge in [-0.1, -0.05) is 0 Å². The third kappa shape index (κ3) is 4.24. The molecule has 3 heterocycles. The fourth-order valence-electron chi connectivity index (χ4n) is 3.40. The van der Waals surface area contributed by atoms with Crippen LogP contribution in [0.15, 0.2) is 30.6 Å². The molecule has 142 valence electrons. The summed E-state index contributed by atoms with van der Waals surface area (Å²) < 4.78 is 0. The maximum atomic E-state index is 12.3. The van der Waals surface area contributed by atoms with E-state index in [0.717, 1.165) is 61.9 Å². The van der Waals surface area contributed by atoms with Gasteiger partial charge in [-0.25, -0.2) is 9.97 Å².